The van der Waals surface area contributed by atoms with Crippen LogP contribution in [-0.2, 0) is 6.54 Å². The van der Waals surface area contributed by atoms with Gasteiger partial charge in [0.05, 0.1) is 12.8 Å². The first-order valence-electron chi connectivity index (χ1n) is 9.87. The minimum atomic E-state index is -0.386. The van der Waals surface area contributed by atoms with E-state index in [2.05, 4.69) is 15.7 Å². The SMILES string of the molecule is COc1ccc(-c2nn(-c3ccccc3)cc2CNCCN2CCNC2=O)c(F)c1. The molecule has 8 heteroatoms. The molecule has 1 aliphatic rings. The van der Waals surface area contributed by atoms with Crippen molar-refractivity contribution < 1.29 is 13.9 Å². The minimum Gasteiger partial charge on any atom is -0.497 e. The van der Waals surface area contributed by atoms with E-state index in [1.165, 1.54) is 13.2 Å². The topological polar surface area (TPSA) is 71.4 Å². The van der Waals surface area contributed by atoms with Crippen molar-refractivity contribution in [2.24, 2.45) is 0 Å². The maximum atomic E-state index is 14.7. The van der Waals surface area contributed by atoms with Gasteiger partial charge in [0.25, 0.3) is 0 Å². The van der Waals surface area contributed by atoms with Crippen LogP contribution in [0.25, 0.3) is 16.9 Å². The fourth-order valence-electron chi connectivity index (χ4n) is 3.46. The van der Waals surface area contributed by atoms with Crippen LogP contribution < -0.4 is 15.4 Å². The molecule has 0 saturated carbocycles. The van der Waals surface area contributed by atoms with Gasteiger partial charge in [0.15, 0.2) is 0 Å². The number of urea groups is 1. The van der Waals surface area contributed by atoms with Crippen molar-refractivity contribution in [2.45, 2.75) is 6.54 Å². The summed E-state index contributed by atoms with van der Waals surface area (Å²) in [6.07, 6.45) is 1.91. The molecule has 0 atom stereocenters. The number of hydrogen-bond donors (Lipinski definition) is 2. The fourth-order valence-corrected chi connectivity index (χ4v) is 3.46. The Morgan fingerprint density at radius 3 is 2.77 bits per heavy atom. The Balaban J connectivity index is 1.56. The van der Waals surface area contributed by atoms with Crippen LogP contribution >= 0.6 is 0 Å². The van der Waals surface area contributed by atoms with Crippen molar-refractivity contribution in [3.63, 3.8) is 0 Å². The lowest BCUT2D eigenvalue weighted by Gasteiger charge is -2.14. The maximum absolute atomic E-state index is 14.7. The molecule has 156 valence electrons. The molecule has 30 heavy (non-hydrogen) atoms. The maximum Gasteiger partial charge on any atom is 0.317 e. The van der Waals surface area contributed by atoms with Gasteiger partial charge in [-0.1, -0.05) is 18.2 Å². The number of carbonyl (C=O) groups is 1. The van der Waals surface area contributed by atoms with E-state index in [0.29, 0.717) is 43.2 Å². The molecule has 1 aromatic heterocycles. The number of halogens is 1. The molecule has 0 spiro atoms. The fraction of sp³-hybridized carbons (Fsp3) is 0.273. The molecule has 1 saturated heterocycles. The predicted molar refractivity (Wildman–Crippen MR) is 112 cm³/mol. The summed E-state index contributed by atoms with van der Waals surface area (Å²) in [7, 11) is 1.51. The van der Waals surface area contributed by atoms with E-state index in [4.69, 9.17) is 4.74 Å². The van der Waals surface area contributed by atoms with Crippen LogP contribution in [-0.4, -0.2) is 54.0 Å². The normalized spacial score (nSPS) is 13.5. The summed E-state index contributed by atoms with van der Waals surface area (Å²) in [6, 6.07) is 14.4. The van der Waals surface area contributed by atoms with Gasteiger partial charge in [0.2, 0.25) is 0 Å². The average Bonchev–Trinajstić information content (AvgIpc) is 3.38. The third-order valence-corrected chi connectivity index (χ3v) is 5.06. The Hall–Kier alpha value is -3.39. The Kier molecular flexibility index (Phi) is 5.94. The van der Waals surface area contributed by atoms with Gasteiger partial charge in [-0.25, -0.2) is 13.9 Å². The van der Waals surface area contributed by atoms with E-state index in [1.807, 2.05) is 36.5 Å². The molecule has 2 heterocycles. The summed E-state index contributed by atoms with van der Waals surface area (Å²) in [6.45, 7) is 3.15. The first kappa shape index (κ1) is 19.9. The summed E-state index contributed by atoms with van der Waals surface area (Å²) < 4.78 is 21.6. The van der Waals surface area contributed by atoms with Crippen LogP contribution in [0.4, 0.5) is 9.18 Å². The van der Waals surface area contributed by atoms with Crippen LogP contribution in [0.15, 0.2) is 54.7 Å². The summed E-state index contributed by atoms with van der Waals surface area (Å²) in [5.74, 6) is 0.0740. The average molecular weight is 409 g/mol. The Morgan fingerprint density at radius 2 is 2.07 bits per heavy atom. The molecular formula is C22H24FN5O2. The molecule has 0 unspecified atom stereocenters. The second-order valence-electron chi connectivity index (χ2n) is 7.02. The van der Waals surface area contributed by atoms with Gasteiger partial charge in [-0.3, -0.25) is 0 Å². The van der Waals surface area contributed by atoms with E-state index in [-0.39, 0.29) is 11.8 Å². The number of ether oxygens (including phenoxy) is 1. The lowest BCUT2D eigenvalue weighted by atomic mass is 10.1. The van der Waals surface area contributed by atoms with E-state index in [9.17, 15) is 9.18 Å². The number of rotatable bonds is 8. The molecule has 1 fully saturated rings. The predicted octanol–water partition coefficient (Wildman–Crippen LogP) is 2.80. The monoisotopic (exact) mass is 409 g/mol. The van der Waals surface area contributed by atoms with Gasteiger partial charge >= 0.3 is 6.03 Å². The molecule has 0 radical (unpaired) electrons. The number of carbonyl (C=O) groups excluding carboxylic acids is 1. The number of nitrogens with zero attached hydrogens (tertiary/aromatic N) is 3. The molecule has 3 aromatic rings. The van der Waals surface area contributed by atoms with E-state index < -0.39 is 0 Å². The number of nitrogens with one attached hydrogen (secondary N) is 2. The van der Waals surface area contributed by atoms with Crippen molar-refractivity contribution in [1.29, 1.82) is 0 Å². The number of methoxy groups -OCH3 is 1. The second-order valence-corrected chi connectivity index (χ2v) is 7.02. The van der Waals surface area contributed by atoms with Crippen LogP contribution in [0.5, 0.6) is 5.75 Å². The first-order chi connectivity index (χ1) is 14.7. The number of hydrogen-bond acceptors (Lipinski definition) is 4. The largest absolute Gasteiger partial charge is 0.497 e. The third kappa shape index (κ3) is 4.28. The molecule has 2 N–H and O–H groups in total. The first-order valence-corrected chi connectivity index (χ1v) is 9.87. The van der Waals surface area contributed by atoms with E-state index >= 15 is 0 Å². The summed E-state index contributed by atoms with van der Waals surface area (Å²) in [4.78, 5) is 13.4. The highest BCUT2D eigenvalue weighted by Crippen LogP contribution is 2.28. The molecule has 2 amide bonds. The van der Waals surface area contributed by atoms with Crippen LogP contribution in [0, 0.1) is 5.82 Å². The molecule has 4 rings (SSSR count). The smallest absolute Gasteiger partial charge is 0.317 e. The third-order valence-electron chi connectivity index (χ3n) is 5.06. The highest BCUT2D eigenvalue weighted by molar-refractivity contribution is 5.76. The molecular weight excluding hydrogens is 385 g/mol. The van der Waals surface area contributed by atoms with Crippen molar-refractivity contribution >= 4 is 6.03 Å². The minimum absolute atomic E-state index is 0.0327. The standard InChI is InChI=1S/C22H24FN5O2/c1-30-18-7-8-19(20(23)13-18)21-16(14-24-9-11-27-12-10-25-22(27)29)15-28(26-21)17-5-3-2-4-6-17/h2-8,13,15,24H,9-12,14H2,1H3,(H,25,29). The van der Waals surface area contributed by atoms with Gasteiger partial charge in [0.1, 0.15) is 17.3 Å². The van der Waals surface area contributed by atoms with Gasteiger partial charge in [-0.05, 0) is 24.3 Å². The number of benzene rings is 2. The summed E-state index contributed by atoms with van der Waals surface area (Å²) >= 11 is 0. The molecule has 2 aromatic carbocycles. The Labute approximate surface area is 174 Å². The Bertz CT molecular complexity index is 1020. The van der Waals surface area contributed by atoms with Crippen LogP contribution in [0.1, 0.15) is 5.56 Å². The lowest BCUT2D eigenvalue weighted by molar-refractivity contribution is 0.217. The molecule has 0 bridgehead atoms. The van der Waals surface area contributed by atoms with Crippen LogP contribution in [0.3, 0.4) is 0 Å². The zero-order valence-electron chi connectivity index (χ0n) is 16.8. The number of amides is 2. The lowest BCUT2D eigenvalue weighted by Crippen LogP contribution is -2.34. The second kappa shape index (κ2) is 8.96. The van der Waals surface area contributed by atoms with Crippen molar-refractivity contribution in [3.8, 4) is 22.7 Å². The van der Waals surface area contributed by atoms with Gasteiger partial charge in [0, 0.05) is 56.1 Å². The highest BCUT2D eigenvalue weighted by Gasteiger charge is 2.19. The molecule has 1 aliphatic heterocycles. The van der Waals surface area contributed by atoms with Gasteiger partial charge < -0.3 is 20.3 Å². The summed E-state index contributed by atoms with van der Waals surface area (Å²) in [5, 5.41) is 10.8. The van der Waals surface area contributed by atoms with Crippen molar-refractivity contribution in [2.75, 3.05) is 33.3 Å². The number of aromatic nitrogens is 2. The van der Waals surface area contributed by atoms with Gasteiger partial charge in [-0.15, -0.1) is 0 Å². The van der Waals surface area contributed by atoms with Crippen LogP contribution in [0.2, 0.25) is 0 Å². The summed E-state index contributed by atoms with van der Waals surface area (Å²) in [5.41, 5.74) is 2.76. The Morgan fingerprint density at radius 1 is 1.23 bits per heavy atom. The quantitative estimate of drug-likeness (QED) is 0.562. The van der Waals surface area contributed by atoms with Crippen molar-refractivity contribution in [3.05, 3.63) is 66.1 Å². The zero-order valence-corrected chi connectivity index (χ0v) is 16.8. The van der Waals surface area contributed by atoms with E-state index in [1.54, 1.807) is 21.7 Å². The van der Waals surface area contributed by atoms with E-state index in [0.717, 1.165) is 17.8 Å². The molecule has 7 nitrogen and oxygen atoms in total. The zero-order chi connectivity index (χ0) is 20.9. The number of para-hydroxylation sites is 1. The highest BCUT2D eigenvalue weighted by atomic mass is 19.1. The molecule has 0 aliphatic carbocycles. The van der Waals surface area contributed by atoms with Gasteiger partial charge in [-0.2, -0.15) is 5.10 Å². The van der Waals surface area contributed by atoms with Crippen molar-refractivity contribution in [1.82, 2.24) is 25.3 Å².